The number of imidazole rings is 1. The van der Waals surface area contributed by atoms with Crippen LogP contribution in [0.15, 0.2) is 30.6 Å². The molecule has 0 aliphatic rings. The van der Waals surface area contributed by atoms with Gasteiger partial charge in [0, 0.05) is 24.9 Å². The van der Waals surface area contributed by atoms with Crippen LogP contribution in [0.1, 0.15) is 37.7 Å². The molecule has 1 unspecified atom stereocenters. The number of hydrogen-bond acceptors (Lipinski definition) is 2. The molecule has 96 valence electrons. The van der Waals surface area contributed by atoms with Crippen molar-refractivity contribution < 1.29 is 4.39 Å². The van der Waals surface area contributed by atoms with E-state index in [-0.39, 0.29) is 11.9 Å². The Morgan fingerprint density at radius 2 is 2.22 bits per heavy atom. The van der Waals surface area contributed by atoms with Crippen molar-refractivity contribution in [3.05, 3.63) is 47.8 Å². The Labute approximate surface area is 106 Å². The average molecular weight is 247 g/mol. The molecule has 0 saturated carbocycles. The van der Waals surface area contributed by atoms with Crippen LogP contribution in [0.4, 0.5) is 4.39 Å². The number of halogens is 1. The first-order valence-corrected chi connectivity index (χ1v) is 6.21. The van der Waals surface area contributed by atoms with Gasteiger partial charge in [0.25, 0.3) is 0 Å². The second-order valence-electron chi connectivity index (χ2n) is 4.43. The minimum absolute atomic E-state index is 0.215. The summed E-state index contributed by atoms with van der Waals surface area (Å²) in [7, 11) is 0. The Balaban J connectivity index is 2.59. The van der Waals surface area contributed by atoms with E-state index in [2.05, 4.69) is 11.9 Å². The molecular weight excluding hydrogens is 229 g/mol. The first kappa shape index (κ1) is 12.8. The van der Waals surface area contributed by atoms with Crippen LogP contribution in [-0.2, 0) is 6.42 Å². The van der Waals surface area contributed by atoms with E-state index in [1.54, 1.807) is 23.0 Å². The van der Waals surface area contributed by atoms with Gasteiger partial charge in [-0.05, 0) is 25.0 Å². The zero-order chi connectivity index (χ0) is 13.1. The van der Waals surface area contributed by atoms with E-state index in [4.69, 9.17) is 5.73 Å². The fourth-order valence-electron chi connectivity index (χ4n) is 2.10. The molecule has 4 heteroatoms. The summed E-state index contributed by atoms with van der Waals surface area (Å²) in [5.41, 5.74) is 7.23. The SMILES string of the molecule is CCCc1nccn1-c1c(F)cccc1C(C)N. The molecule has 0 bridgehead atoms. The highest BCUT2D eigenvalue weighted by Crippen LogP contribution is 2.24. The number of nitrogens with zero attached hydrogens (tertiary/aromatic N) is 2. The molecule has 2 N–H and O–H groups in total. The lowest BCUT2D eigenvalue weighted by Crippen LogP contribution is -2.12. The summed E-state index contributed by atoms with van der Waals surface area (Å²) in [6.45, 7) is 3.93. The van der Waals surface area contributed by atoms with Gasteiger partial charge in [-0.3, -0.25) is 0 Å². The number of aromatic nitrogens is 2. The Hall–Kier alpha value is -1.68. The zero-order valence-electron chi connectivity index (χ0n) is 10.7. The lowest BCUT2D eigenvalue weighted by Gasteiger charge is -2.16. The summed E-state index contributed by atoms with van der Waals surface area (Å²) in [5.74, 6) is 0.602. The Morgan fingerprint density at radius 1 is 1.44 bits per heavy atom. The molecule has 0 saturated heterocycles. The van der Waals surface area contributed by atoms with Crippen molar-refractivity contribution in [3.8, 4) is 5.69 Å². The third-order valence-electron chi connectivity index (χ3n) is 2.94. The van der Waals surface area contributed by atoms with Crippen molar-refractivity contribution in [1.29, 1.82) is 0 Å². The Morgan fingerprint density at radius 3 is 2.89 bits per heavy atom. The Bertz CT molecular complexity index is 532. The summed E-state index contributed by atoms with van der Waals surface area (Å²) in [6.07, 6.45) is 5.27. The van der Waals surface area contributed by atoms with Gasteiger partial charge in [-0.25, -0.2) is 9.37 Å². The smallest absolute Gasteiger partial charge is 0.147 e. The fourth-order valence-corrected chi connectivity index (χ4v) is 2.10. The van der Waals surface area contributed by atoms with Gasteiger partial charge in [-0.1, -0.05) is 19.1 Å². The van der Waals surface area contributed by atoms with Gasteiger partial charge in [0.05, 0.1) is 5.69 Å². The third kappa shape index (κ3) is 2.29. The Kier molecular flexibility index (Phi) is 3.77. The molecule has 0 amide bonds. The van der Waals surface area contributed by atoms with E-state index in [0.29, 0.717) is 5.69 Å². The molecular formula is C14H18FN3. The summed E-state index contributed by atoms with van der Waals surface area (Å²) in [4.78, 5) is 4.28. The van der Waals surface area contributed by atoms with Crippen LogP contribution in [0.5, 0.6) is 0 Å². The molecule has 3 nitrogen and oxygen atoms in total. The topological polar surface area (TPSA) is 43.8 Å². The lowest BCUT2D eigenvalue weighted by atomic mass is 10.1. The number of hydrogen-bond donors (Lipinski definition) is 1. The normalized spacial score (nSPS) is 12.7. The summed E-state index contributed by atoms with van der Waals surface area (Å²) >= 11 is 0. The van der Waals surface area contributed by atoms with E-state index >= 15 is 0 Å². The van der Waals surface area contributed by atoms with Gasteiger partial charge in [-0.15, -0.1) is 0 Å². The van der Waals surface area contributed by atoms with Crippen molar-refractivity contribution in [2.24, 2.45) is 5.73 Å². The average Bonchev–Trinajstić information content (AvgIpc) is 2.77. The molecule has 2 rings (SSSR count). The third-order valence-corrected chi connectivity index (χ3v) is 2.94. The second-order valence-corrected chi connectivity index (χ2v) is 4.43. The van der Waals surface area contributed by atoms with Crippen LogP contribution < -0.4 is 5.73 Å². The van der Waals surface area contributed by atoms with Gasteiger partial charge in [0.15, 0.2) is 0 Å². The molecule has 0 spiro atoms. The number of nitrogens with two attached hydrogens (primary N) is 1. The van der Waals surface area contributed by atoms with Gasteiger partial charge < -0.3 is 10.3 Å². The van der Waals surface area contributed by atoms with Crippen LogP contribution in [-0.4, -0.2) is 9.55 Å². The predicted molar refractivity (Wildman–Crippen MR) is 70.1 cm³/mol. The molecule has 2 aromatic rings. The van der Waals surface area contributed by atoms with E-state index < -0.39 is 0 Å². The highest BCUT2D eigenvalue weighted by Gasteiger charge is 2.15. The van der Waals surface area contributed by atoms with Crippen LogP contribution in [0.25, 0.3) is 5.69 Å². The lowest BCUT2D eigenvalue weighted by molar-refractivity contribution is 0.606. The van der Waals surface area contributed by atoms with Gasteiger partial charge in [0.2, 0.25) is 0 Å². The van der Waals surface area contributed by atoms with E-state index in [1.165, 1.54) is 6.07 Å². The van der Waals surface area contributed by atoms with Crippen molar-refractivity contribution in [3.63, 3.8) is 0 Å². The van der Waals surface area contributed by atoms with Gasteiger partial charge in [-0.2, -0.15) is 0 Å². The minimum Gasteiger partial charge on any atom is -0.324 e. The standard InChI is InChI=1S/C14H18FN3/c1-3-5-13-17-8-9-18(13)14-11(10(2)16)6-4-7-12(14)15/h4,6-10H,3,5,16H2,1-2H3. The molecule has 1 aromatic carbocycles. The molecule has 0 aliphatic heterocycles. The summed E-state index contributed by atoms with van der Waals surface area (Å²) in [6, 6.07) is 4.79. The highest BCUT2D eigenvalue weighted by atomic mass is 19.1. The highest BCUT2D eigenvalue weighted by molar-refractivity contribution is 5.45. The van der Waals surface area contributed by atoms with Crippen molar-refractivity contribution in [1.82, 2.24) is 9.55 Å². The van der Waals surface area contributed by atoms with Crippen LogP contribution in [0.3, 0.4) is 0 Å². The van der Waals surface area contributed by atoms with Crippen LogP contribution in [0, 0.1) is 5.82 Å². The van der Waals surface area contributed by atoms with Crippen LogP contribution in [0.2, 0.25) is 0 Å². The van der Waals surface area contributed by atoms with Crippen molar-refractivity contribution >= 4 is 0 Å². The zero-order valence-corrected chi connectivity index (χ0v) is 10.7. The number of para-hydroxylation sites is 1. The summed E-state index contributed by atoms with van der Waals surface area (Å²) in [5, 5.41) is 0. The first-order valence-electron chi connectivity index (χ1n) is 6.21. The van der Waals surface area contributed by atoms with Crippen molar-refractivity contribution in [2.45, 2.75) is 32.7 Å². The molecule has 0 fully saturated rings. The molecule has 0 aliphatic carbocycles. The fraction of sp³-hybridized carbons (Fsp3) is 0.357. The molecule has 1 heterocycles. The van der Waals surface area contributed by atoms with Crippen LogP contribution >= 0.6 is 0 Å². The monoisotopic (exact) mass is 247 g/mol. The largest absolute Gasteiger partial charge is 0.324 e. The van der Waals surface area contributed by atoms with Crippen molar-refractivity contribution in [2.75, 3.05) is 0 Å². The molecule has 1 atom stereocenters. The maximum absolute atomic E-state index is 14.1. The summed E-state index contributed by atoms with van der Waals surface area (Å²) < 4.78 is 15.9. The number of rotatable bonds is 4. The number of aryl methyl sites for hydroxylation is 1. The molecule has 1 aromatic heterocycles. The maximum atomic E-state index is 14.1. The van der Waals surface area contributed by atoms with Gasteiger partial charge >= 0.3 is 0 Å². The second kappa shape index (κ2) is 5.31. The maximum Gasteiger partial charge on any atom is 0.147 e. The van der Waals surface area contributed by atoms with E-state index in [9.17, 15) is 4.39 Å². The quantitative estimate of drug-likeness (QED) is 0.902. The van der Waals surface area contributed by atoms with E-state index in [1.807, 2.05) is 13.0 Å². The number of benzene rings is 1. The molecule has 0 radical (unpaired) electrons. The minimum atomic E-state index is -0.264. The van der Waals surface area contributed by atoms with Gasteiger partial charge in [0.1, 0.15) is 11.6 Å². The molecule has 18 heavy (non-hydrogen) atoms. The first-order chi connectivity index (χ1) is 8.65. The van der Waals surface area contributed by atoms with E-state index in [0.717, 1.165) is 24.2 Å². The predicted octanol–water partition coefficient (Wildman–Crippen LogP) is 2.98.